The fourth-order valence-electron chi connectivity index (χ4n) is 2.54. The van der Waals surface area contributed by atoms with Crippen LogP contribution in [-0.4, -0.2) is 0 Å². The zero-order chi connectivity index (χ0) is 14.7. The summed E-state index contributed by atoms with van der Waals surface area (Å²) in [6.45, 7) is 8.47. The van der Waals surface area contributed by atoms with Gasteiger partial charge in [0.25, 0.3) is 0 Å². The highest BCUT2D eigenvalue weighted by Gasteiger charge is 2.14. The highest BCUT2D eigenvalue weighted by molar-refractivity contribution is 5.68. The summed E-state index contributed by atoms with van der Waals surface area (Å²) in [4.78, 5) is 0. The summed E-state index contributed by atoms with van der Waals surface area (Å²) in [5, 5.41) is 9.27. The van der Waals surface area contributed by atoms with E-state index in [9.17, 15) is 5.26 Å². The van der Waals surface area contributed by atoms with Gasteiger partial charge in [0.1, 0.15) is 0 Å². The van der Waals surface area contributed by atoms with Crippen molar-refractivity contribution < 1.29 is 0 Å². The van der Waals surface area contributed by atoms with E-state index in [4.69, 9.17) is 0 Å². The second kappa shape index (κ2) is 5.92. The van der Waals surface area contributed by atoms with Crippen molar-refractivity contribution in [1.29, 1.82) is 5.26 Å². The van der Waals surface area contributed by atoms with Crippen LogP contribution < -0.4 is 0 Å². The lowest BCUT2D eigenvalue weighted by atomic mass is 9.88. The Hall–Kier alpha value is -2.07. The maximum absolute atomic E-state index is 9.27. The van der Waals surface area contributed by atoms with E-state index in [0.717, 1.165) is 5.56 Å². The summed E-state index contributed by atoms with van der Waals surface area (Å²) in [7, 11) is 0. The van der Waals surface area contributed by atoms with E-state index in [0.29, 0.717) is 5.92 Å². The first-order chi connectivity index (χ1) is 9.54. The number of nitriles is 1. The summed E-state index contributed by atoms with van der Waals surface area (Å²) in [6.07, 6.45) is 0. The van der Waals surface area contributed by atoms with Crippen LogP contribution in [0.5, 0.6) is 0 Å². The van der Waals surface area contributed by atoms with Crippen LogP contribution in [0.15, 0.2) is 42.5 Å². The van der Waals surface area contributed by atoms with Crippen molar-refractivity contribution in [2.45, 2.75) is 33.6 Å². The van der Waals surface area contributed by atoms with Crippen molar-refractivity contribution in [2.75, 3.05) is 0 Å². The fraction of sp³-hybridized carbons (Fsp3) is 0.316. The standard InChI is InChI=1S/C19H21N/c1-13(2)19(12-20)17-10-8-16(9-11-17)18-7-5-6-14(3)15(18)4/h5-11,13,19H,1-4H3. The van der Waals surface area contributed by atoms with Gasteiger partial charge in [-0.1, -0.05) is 56.3 Å². The number of benzene rings is 2. The predicted octanol–water partition coefficient (Wildman–Crippen LogP) is 5.23. The highest BCUT2D eigenvalue weighted by atomic mass is 14.3. The molecule has 0 radical (unpaired) electrons. The largest absolute Gasteiger partial charge is 0.198 e. The molecular weight excluding hydrogens is 242 g/mol. The van der Waals surface area contributed by atoms with Gasteiger partial charge < -0.3 is 0 Å². The van der Waals surface area contributed by atoms with Gasteiger partial charge >= 0.3 is 0 Å². The van der Waals surface area contributed by atoms with Crippen LogP contribution in [0.4, 0.5) is 0 Å². The number of hydrogen-bond acceptors (Lipinski definition) is 1. The molecule has 0 heterocycles. The lowest BCUT2D eigenvalue weighted by Gasteiger charge is -2.14. The first-order valence-corrected chi connectivity index (χ1v) is 7.10. The Labute approximate surface area is 121 Å². The molecular formula is C19H21N. The molecule has 20 heavy (non-hydrogen) atoms. The molecule has 0 saturated carbocycles. The maximum atomic E-state index is 9.27. The van der Waals surface area contributed by atoms with Gasteiger partial charge in [-0.15, -0.1) is 0 Å². The Bertz CT molecular complexity index is 630. The first-order valence-electron chi connectivity index (χ1n) is 7.10. The van der Waals surface area contributed by atoms with Gasteiger partial charge in [-0.2, -0.15) is 5.26 Å². The normalized spacial score (nSPS) is 12.2. The van der Waals surface area contributed by atoms with Crippen LogP contribution in [0.25, 0.3) is 11.1 Å². The Morgan fingerprint density at radius 1 is 0.950 bits per heavy atom. The van der Waals surface area contributed by atoms with Crippen molar-refractivity contribution in [3.8, 4) is 17.2 Å². The van der Waals surface area contributed by atoms with E-state index in [-0.39, 0.29) is 5.92 Å². The topological polar surface area (TPSA) is 23.8 Å². The molecule has 1 heteroatoms. The maximum Gasteiger partial charge on any atom is 0.0735 e. The molecule has 2 rings (SSSR count). The van der Waals surface area contributed by atoms with Gasteiger partial charge in [-0.05, 0) is 47.6 Å². The molecule has 1 nitrogen and oxygen atoms in total. The molecule has 102 valence electrons. The lowest BCUT2D eigenvalue weighted by Crippen LogP contribution is -2.03. The number of aryl methyl sites for hydroxylation is 1. The van der Waals surface area contributed by atoms with Gasteiger partial charge in [-0.25, -0.2) is 0 Å². The third kappa shape index (κ3) is 2.75. The Morgan fingerprint density at radius 2 is 1.60 bits per heavy atom. The van der Waals surface area contributed by atoms with E-state index < -0.39 is 0 Å². The van der Waals surface area contributed by atoms with Crippen molar-refractivity contribution in [1.82, 2.24) is 0 Å². The molecule has 0 spiro atoms. The second-order valence-electron chi connectivity index (χ2n) is 5.72. The van der Waals surface area contributed by atoms with Crippen LogP contribution in [0, 0.1) is 31.1 Å². The van der Waals surface area contributed by atoms with Crippen molar-refractivity contribution in [3.63, 3.8) is 0 Å². The van der Waals surface area contributed by atoms with Crippen LogP contribution in [0.3, 0.4) is 0 Å². The lowest BCUT2D eigenvalue weighted by molar-refractivity contribution is 0.587. The van der Waals surface area contributed by atoms with Crippen LogP contribution in [-0.2, 0) is 0 Å². The molecule has 2 aromatic carbocycles. The molecule has 1 atom stereocenters. The minimum absolute atomic E-state index is 0.0253. The average molecular weight is 263 g/mol. The third-order valence-electron chi connectivity index (χ3n) is 3.99. The van der Waals surface area contributed by atoms with E-state index in [1.807, 2.05) is 0 Å². The average Bonchev–Trinajstić information content (AvgIpc) is 2.43. The van der Waals surface area contributed by atoms with E-state index in [2.05, 4.69) is 76.2 Å². The molecule has 0 aliphatic heterocycles. The summed E-state index contributed by atoms with van der Waals surface area (Å²) in [5.74, 6) is 0.314. The van der Waals surface area contributed by atoms with Gasteiger partial charge in [0.15, 0.2) is 0 Å². The molecule has 1 unspecified atom stereocenters. The SMILES string of the molecule is Cc1cccc(-c2ccc(C(C#N)C(C)C)cc2)c1C. The summed E-state index contributed by atoms with van der Waals surface area (Å²) < 4.78 is 0. The van der Waals surface area contributed by atoms with Gasteiger partial charge in [0.05, 0.1) is 12.0 Å². The molecule has 0 aliphatic rings. The molecule has 0 saturated heterocycles. The molecule has 2 aromatic rings. The minimum atomic E-state index is -0.0253. The molecule has 0 N–H and O–H groups in total. The summed E-state index contributed by atoms with van der Waals surface area (Å²) >= 11 is 0. The Morgan fingerprint density at radius 3 is 2.15 bits per heavy atom. The number of rotatable bonds is 3. The van der Waals surface area contributed by atoms with Crippen molar-refractivity contribution in [2.24, 2.45) is 5.92 Å². The van der Waals surface area contributed by atoms with Crippen molar-refractivity contribution in [3.05, 3.63) is 59.2 Å². The van der Waals surface area contributed by atoms with Gasteiger partial charge in [0.2, 0.25) is 0 Å². The molecule has 0 fully saturated rings. The number of hydrogen-bond donors (Lipinski definition) is 0. The molecule has 0 amide bonds. The van der Waals surface area contributed by atoms with Gasteiger partial charge in [0, 0.05) is 0 Å². The summed E-state index contributed by atoms with van der Waals surface area (Å²) in [5.41, 5.74) is 6.23. The Kier molecular flexibility index (Phi) is 4.25. The minimum Gasteiger partial charge on any atom is -0.198 e. The zero-order valence-electron chi connectivity index (χ0n) is 12.6. The molecule has 0 bridgehead atoms. The van der Waals surface area contributed by atoms with E-state index in [1.165, 1.54) is 22.3 Å². The molecule has 0 aliphatic carbocycles. The van der Waals surface area contributed by atoms with Crippen molar-refractivity contribution >= 4 is 0 Å². The van der Waals surface area contributed by atoms with Gasteiger partial charge in [-0.3, -0.25) is 0 Å². The second-order valence-corrected chi connectivity index (χ2v) is 5.72. The Balaban J connectivity index is 2.38. The van der Waals surface area contributed by atoms with E-state index in [1.54, 1.807) is 0 Å². The number of nitrogens with zero attached hydrogens (tertiary/aromatic N) is 1. The predicted molar refractivity (Wildman–Crippen MR) is 84.5 cm³/mol. The quantitative estimate of drug-likeness (QED) is 0.743. The third-order valence-corrected chi connectivity index (χ3v) is 3.99. The van der Waals surface area contributed by atoms with Crippen LogP contribution in [0.2, 0.25) is 0 Å². The smallest absolute Gasteiger partial charge is 0.0735 e. The monoisotopic (exact) mass is 263 g/mol. The first kappa shape index (κ1) is 14.3. The van der Waals surface area contributed by atoms with E-state index >= 15 is 0 Å². The molecule has 0 aromatic heterocycles. The summed E-state index contributed by atoms with van der Waals surface area (Å²) in [6, 6.07) is 17.2. The zero-order valence-corrected chi connectivity index (χ0v) is 12.6. The fourth-order valence-corrected chi connectivity index (χ4v) is 2.54. The van der Waals surface area contributed by atoms with Crippen LogP contribution >= 0.6 is 0 Å². The highest BCUT2D eigenvalue weighted by Crippen LogP contribution is 2.29. The van der Waals surface area contributed by atoms with Crippen LogP contribution in [0.1, 0.15) is 36.5 Å².